The first kappa shape index (κ1) is 19.0. The minimum atomic E-state index is -0.805. The van der Waals surface area contributed by atoms with Crippen molar-refractivity contribution in [3.8, 4) is 16.9 Å². The van der Waals surface area contributed by atoms with Crippen molar-refractivity contribution in [3.63, 3.8) is 0 Å². The third-order valence-electron chi connectivity index (χ3n) is 3.99. The van der Waals surface area contributed by atoms with Crippen LogP contribution in [0.5, 0.6) is 5.75 Å². The Kier molecular flexibility index (Phi) is 5.28. The second kappa shape index (κ2) is 7.48. The Morgan fingerprint density at radius 1 is 1.11 bits per heavy atom. The number of hydrogen-bond donors (Lipinski definition) is 1. The van der Waals surface area contributed by atoms with Crippen LogP contribution in [0, 0.1) is 31.3 Å². The molecule has 7 heteroatoms. The number of rotatable bonds is 4. The van der Waals surface area contributed by atoms with E-state index in [2.05, 4.69) is 11.9 Å². The number of pyridine rings is 1. The van der Waals surface area contributed by atoms with Gasteiger partial charge < -0.3 is 9.72 Å². The van der Waals surface area contributed by atoms with E-state index < -0.39 is 23.0 Å². The van der Waals surface area contributed by atoms with E-state index in [1.54, 1.807) is 6.92 Å². The summed E-state index contributed by atoms with van der Waals surface area (Å²) in [6, 6.07) is 7.23. The molecule has 1 aromatic heterocycles. The summed E-state index contributed by atoms with van der Waals surface area (Å²) in [5.41, 5.74) is 0.659. The molecule has 0 spiro atoms. The Morgan fingerprint density at radius 2 is 1.85 bits per heavy atom. The van der Waals surface area contributed by atoms with Crippen LogP contribution >= 0.6 is 11.6 Å². The number of hydrogen-bond acceptors (Lipinski definition) is 2. The van der Waals surface area contributed by atoms with Crippen LogP contribution < -0.4 is 10.3 Å². The van der Waals surface area contributed by atoms with E-state index in [4.69, 9.17) is 16.3 Å². The van der Waals surface area contributed by atoms with Gasteiger partial charge in [0.1, 0.15) is 29.1 Å². The summed E-state index contributed by atoms with van der Waals surface area (Å²) in [7, 11) is 0. The van der Waals surface area contributed by atoms with Gasteiger partial charge in [-0.2, -0.15) is 0 Å². The van der Waals surface area contributed by atoms with Crippen LogP contribution in [0.4, 0.5) is 13.2 Å². The number of ether oxygens (including phenoxy) is 1. The van der Waals surface area contributed by atoms with Crippen molar-refractivity contribution in [2.75, 3.05) is 0 Å². The van der Waals surface area contributed by atoms with Crippen molar-refractivity contribution in [1.29, 1.82) is 0 Å². The van der Waals surface area contributed by atoms with E-state index in [9.17, 15) is 18.0 Å². The first-order valence-corrected chi connectivity index (χ1v) is 8.26. The highest BCUT2D eigenvalue weighted by Crippen LogP contribution is 2.38. The minimum Gasteiger partial charge on any atom is -0.486 e. The normalized spacial score (nSPS) is 10.9. The van der Waals surface area contributed by atoms with E-state index >= 15 is 0 Å². The van der Waals surface area contributed by atoms with Gasteiger partial charge in [-0.25, -0.2) is 13.2 Å². The number of aryl methyl sites for hydroxylation is 1. The van der Waals surface area contributed by atoms with Gasteiger partial charge in [0.2, 0.25) is 0 Å². The molecule has 1 heterocycles. The highest BCUT2D eigenvalue weighted by Gasteiger charge is 2.21. The van der Waals surface area contributed by atoms with Crippen LogP contribution in [0.3, 0.4) is 0 Å². The van der Waals surface area contributed by atoms with Gasteiger partial charge in [-0.1, -0.05) is 17.7 Å². The van der Waals surface area contributed by atoms with E-state index in [0.29, 0.717) is 11.3 Å². The van der Waals surface area contributed by atoms with Crippen molar-refractivity contribution in [3.05, 3.63) is 93.0 Å². The van der Waals surface area contributed by atoms with Gasteiger partial charge in [0.25, 0.3) is 5.56 Å². The molecule has 1 radical (unpaired) electrons. The Labute approximate surface area is 158 Å². The number of H-pyrrole nitrogens is 1. The zero-order valence-corrected chi connectivity index (χ0v) is 15.0. The lowest BCUT2D eigenvalue weighted by Gasteiger charge is -2.16. The summed E-state index contributed by atoms with van der Waals surface area (Å²) in [5, 5.41) is -0.299. The van der Waals surface area contributed by atoms with Crippen molar-refractivity contribution >= 4 is 11.6 Å². The summed E-state index contributed by atoms with van der Waals surface area (Å²) in [4.78, 5) is 14.6. The van der Waals surface area contributed by atoms with Gasteiger partial charge in [-0.05, 0) is 43.7 Å². The standard InChI is InChI=1S/C20H14ClF3NO2/c1-10-3-6-15(23)14(7-10)17-11(2)25-20(26)18(21)19(17)27-9-12-4-5-13(22)8-16(12)24/h3-8H,1,9H2,2H3,(H,25,26). The monoisotopic (exact) mass is 392 g/mol. The van der Waals surface area contributed by atoms with Crippen LogP contribution in [0.1, 0.15) is 16.8 Å². The quantitative estimate of drug-likeness (QED) is 0.664. The van der Waals surface area contributed by atoms with Gasteiger partial charge in [0, 0.05) is 28.5 Å². The molecule has 0 aliphatic rings. The molecule has 1 N–H and O–H groups in total. The summed E-state index contributed by atoms with van der Waals surface area (Å²) >= 11 is 6.08. The van der Waals surface area contributed by atoms with Crippen molar-refractivity contribution in [2.24, 2.45) is 0 Å². The van der Waals surface area contributed by atoms with E-state index in [-0.39, 0.29) is 34.1 Å². The average molecular weight is 393 g/mol. The predicted molar refractivity (Wildman–Crippen MR) is 97.4 cm³/mol. The topological polar surface area (TPSA) is 42.1 Å². The zero-order valence-electron chi connectivity index (χ0n) is 14.2. The van der Waals surface area contributed by atoms with Crippen LogP contribution in [0.15, 0.2) is 41.2 Å². The van der Waals surface area contributed by atoms with Crippen LogP contribution in [-0.4, -0.2) is 4.98 Å². The molecule has 0 unspecified atom stereocenters. The molecule has 3 nitrogen and oxygen atoms in total. The second-order valence-corrected chi connectivity index (χ2v) is 6.31. The van der Waals surface area contributed by atoms with Crippen molar-refractivity contribution in [2.45, 2.75) is 13.5 Å². The highest BCUT2D eigenvalue weighted by molar-refractivity contribution is 6.32. The summed E-state index contributed by atoms with van der Waals surface area (Å²) < 4.78 is 46.9. The van der Waals surface area contributed by atoms with Crippen molar-refractivity contribution in [1.82, 2.24) is 4.98 Å². The maximum atomic E-state index is 14.4. The molecule has 3 aromatic rings. The second-order valence-electron chi connectivity index (χ2n) is 5.94. The fourth-order valence-corrected chi connectivity index (χ4v) is 2.88. The molecule has 27 heavy (non-hydrogen) atoms. The molecule has 3 rings (SSSR count). The summed E-state index contributed by atoms with van der Waals surface area (Å²) in [5.74, 6) is -2.19. The number of aromatic amines is 1. The molecular weight excluding hydrogens is 379 g/mol. The Bertz CT molecular complexity index is 1080. The van der Waals surface area contributed by atoms with Crippen LogP contribution in [0.25, 0.3) is 11.1 Å². The number of benzene rings is 2. The molecule has 2 aromatic carbocycles. The summed E-state index contributed by atoms with van der Waals surface area (Å²) in [6.45, 7) is 5.00. The molecule has 0 atom stereocenters. The van der Waals surface area contributed by atoms with Crippen LogP contribution in [0.2, 0.25) is 5.02 Å². The Hall–Kier alpha value is -2.73. The number of halogens is 4. The van der Waals surface area contributed by atoms with E-state index in [1.807, 2.05) is 0 Å². The lowest BCUT2D eigenvalue weighted by atomic mass is 10.0. The van der Waals surface area contributed by atoms with E-state index in [0.717, 1.165) is 12.1 Å². The van der Waals surface area contributed by atoms with Gasteiger partial charge >= 0.3 is 0 Å². The van der Waals surface area contributed by atoms with Crippen LogP contribution in [-0.2, 0) is 6.61 Å². The largest absolute Gasteiger partial charge is 0.486 e. The molecule has 0 amide bonds. The highest BCUT2D eigenvalue weighted by atomic mass is 35.5. The zero-order chi connectivity index (χ0) is 19.7. The minimum absolute atomic E-state index is 0.0581. The molecule has 139 valence electrons. The molecule has 0 aliphatic heterocycles. The third kappa shape index (κ3) is 3.85. The molecule has 0 bridgehead atoms. The maximum absolute atomic E-state index is 14.4. The SMILES string of the molecule is [CH2]c1ccc(F)c(-c2c(C)[nH]c(=O)c(Cl)c2OCc2ccc(F)cc2F)c1. The molecular formula is C20H14ClF3NO2. The van der Waals surface area contributed by atoms with Gasteiger partial charge in [-0.15, -0.1) is 0 Å². The Balaban J connectivity index is 2.11. The molecule has 0 fully saturated rings. The lowest BCUT2D eigenvalue weighted by Crippen LogP contribution is -2.13. The molecule has 0 saturated heterocycles. The van der Waals surface area contributed by atoms with Gasteiger partial charge in [0.15, 0.2) is 5.75 Å². The molecule has 0 aliphatic carbocycles. The van der Waals surface area contributed by atoms with E-state index in [1.165, 1.54) is 24.3 Å². The van der Waals surface area contributed by atoms with Gasteiger partial charge in [-0.3, -0.25) is 4.79 Å². The first-order valence-electron chi connectivity index (χ1n) is 7.89. The fraction of sp³-hybridized carbons (Fsp3) is 0.100. The van der Waals surface area contributed by atoms with Gasteiger partial charge in [0.05, 0.1) is 0 Å². The maximum Gasteiger partial charge on any atom is 0.270 e. The van der Waals surface area contributed by atoms with Crippen molar-refractivity contribution < 1.29 is 17.9 Å². The lowest BCUT2D eigenvalue weighted by molar-refractivity contribution is 0.300. The summed E-state index contributed by atoms with van der Waals surface area (Å²) in [6.07, 6.45) is 0. The predicted octanol–water partition coefficient (Wildman–Crippen LogP) is 5.18. The Morgan fingerprint density at radius 3 is 2.56 bits per heavy atom. The third-order valence-corrected chi connectivity index (χ3v) is 4.33. The number of aromatic nitrogens is 1. The fourth-order valence-electron chi connectivity index (χ4n) is 2.68. The number of nitrogens with one attached hydrogen (secondary N) is 1. The molecule has 0 saturated carbocycles. The average Bonchev–Trinajstić information content (AvgIpc) is 2.60. The smallest absolute Gasteiger partial charge is 0.270 e. The first-order chi connectivity index (χ1) is 12.8.